The highest BCUT2D eigenvalue weighted by Crippen LogP contribution is 2.24. The normalized spacial score (nSPS) is 20.1. The van der Waals surface area contributed by atoms with E-state index in [1.807, 2.05) is 6.92 Å². The fourth-order valence-electron chi connectivity index (χ4n) is 3.37. The lowest BCUT2D eigenvalue weighted by molar-refractivity contribution is -0.122. The molecule has 3 aromatic rings. The maximum Gasteiger partial charge on any atom is 0.240 e. The summed E-state index contributed by atoms with van der Waals surface area (Å²) in [5.41, 5.74) is 0.635. The minimum Gasteiger partial charge on any atom is -0.497 e. The van der Waals surface area contributed by atoms with Crippen LogP contribution < -0.4 is 20.7 Å². The third kappa shape index (κ3) is 9.21. The van der Waals surface area contributed by atoms with E-state index in [1.54, 1.807) is 61.9 Å². The summed E-state index contributed by atoms with van der Waals surface area (Å²) in [6.07, 6.45) is 6.84. The SMILES string of the molecule is CCC1S/C(=N/N=C\c2ccco2)NC1=O.COc1ccc(NC(=O)CC2S/C(=N/N=C\c3ccco3)NC2=O)cc1. The first-order valence-electron chi connectivity index (χ1n) is 12.6. The van der Waals surface area contributed by atoms with Crippen LogP contribution >= 0.6 is 23.5 Å². The molecule has 2 saturated heterocycles. The van der Waals surface area contributed by atoms with Crippen LogP contribution in [0.2, 0.25) is 0 Å². The van der Waals surface area contributed by atoms with Crippen LogP contribution in [-0.4, -0.2) is 58.1 Å². The summed E-state index contributed by atoms with van der Waals surface area (Å²) in [7, 11) is 1.57. The van der Waals surface area contributed by atoms with Crippen molar-refractivity contribution in [2.45, 2.75) is 30.3 Å². The van der Waals surface area contributed by atoms with Gasteiger partial charge in [0.1, 0.15) is 22.5 Å². The molecule has 0 radical (unpaired) electrons. The monoisotopic (exact) mass is 609 g/mol. The highest BCUT2D eigenvalue weighted by Gasteiger charge is 2.32. The standard InChI is InChI=1S/C17H16N4O4S.C10H11N3O2S/c1-24-12-6-4-11(5-7-12)19-15(22)9-14-16(23)20-17(26-14)21-18-10-13-3-2-8-25-13;1-2-8-9(14)12-10(16-8)13-11-6-7-4-3-5-15-7/h2-8,10,14H,9H2,1H3,(H,19,22)(H,20,21,23);3-6,8H,2H2,1H3,(H,12,13,14)/b18-10-;11-6-. The molecule has 4 heterocycles. The van der Waals surface area contributed by atoms with Gasteiger partial charge in [0.05, 0.1) is 37.3 Å². The van der Waals surface area contributed by atoms with Gasteiger partial charge in [-0.1, -0.05) is 30.4 Å². The largest absolute Gasteiger partial charge is 0.497 e. The molecule has 1 aromatic carbocycles. The zero-order chi connectivity index (χ0) is 29.7. The molecule has 2 aromatic heterocycles. The first kappa shape index (κ1) is 30.3. The molecular formula is C27H27N7O6S2. The van der Waals surface area contributed by atoms with Gasteiger partial charge in [-0.2, -0.15) is 10.2 Å². The fourth-order valence-corrected chi connectivity index (χ4v) is 5.15. The summed E-state index contributed by atoms with van der Waals surface area (Å²) in [4.78, 5) is 35.4. The first-order valence-corrected chi connectivity index (χ1v) is 14.4. The number of nitrogens with one attached hydrogen (secondary N) is 3. The van der Waals surface area contributed by atoms with E-state index in [2.05, 4.69) is 36.4 Å². The first-order chi connectivity index (χ1) is 20.4. The summed E-state index contributed by atoms with van der Waals surface area (Å²) in [5, 5.41) is 23.8. The Bertz CT molecular complexity index is 1470. The van der Waals surface area contributed by atoms with E-state index < -0.39 is 5.25 Å². The average molecular weight is 610 g/mol. The van der Waals surface area contributed by atoms with Crippen molar-refractivity contribution < 1.29 is 28.0 Å². The molecule has 0 saturated carbocycles. The van der Waals surface area contributed by atoms with Gasteiger partial charge in [-0.3, -0.25) is 14.4 Å². The van der Waals surface area contributed by atoms with Gasteiger partial charge >= 0.3 is 0 Å². The predicted octanol–water partition coefficient (Wildman–Crippen LogP) is 3.85. The number of hydrogen-bond donors (Lipinski definition) is 3. The topological polar surface area (TPSA) is 172 Å². The Morgan fingerprint density at radius 3 is 1.93 bits per heavy atom. The van der Waals surface area contributed by atoms with Crippen molar-refractivity contribution >= 4 is 69.7 Å². The van der Waals surface area contributed by atoms with Crippen LogP contribution in [0.15, 0.2) is 90.3 Å². The molecule has 0 bridgehead atoms. The van der Waals surface area contributed by atoms with Crippen molar-refractivity contribution in [3.05, 3.63) is 72.6 Å². The second-order valence-electron chi connectivity index (χ2n) is 8.41. The lowest BCUT2D eigenvalue weighted by Gasteiger charge is -2.08. The van der Waals surface area contributed by atoms with Crippen LogP contribution in [0.1, 0.15) is 31.3 Å². The molecule has 2 unspecified atom stereocenters. The van der Waals surface area contributed by atoms with Crippen LogP contribution in [0, 0.1) is 0 Å². The van der Waals surface area contributed by atoms with Crippen LogP contribution in [0.25, 0.3) is 0 Å². The third-order valence-electron chi connectivity index (χ3n) is 5.42. The zero-order valence-electron chi connectivity index (χ0n) is 22.6. The van der Waals surface area contributed by atoms with Gasteiger partial charge in [-0.05, 0) is 55.0 Å². The molecule has 5 rings (SSSR count). The van der Waals surface area contributed by atoms with Crippen molar-refractivity contribution in [1.82, 2.24) is 10.6 Å². The van der Waals surface area contributed by atoms with Gasteiger partial charge in [-0.25, -0.2) is 0 Å². The van der Waals surface area contributed by atoms with Crippen molar-refractivity contribution in [3.8, 4) is 5.75 Å². The van der Waals surface area contributed by atoms with Gasteiger partial charge in [0, 0.05) is 12.1 Å². The highest BCUT2D eigenvalue weighted by atomic mass is 32.2. The number of nitrogens with zero attached hydrogens (tertiary/aromatic N) is 4. The number of carbonyl (C=O) groups is 3. The highest BCUT2D eigenvalue weighted by molar-refractivity contribution is 8.15. The molecule has 3 amide bonds. The summed E-state index contributed by atoms with van der Waals surface area (Å²) >= 11 is 2.57. The number of amidine groups is 2. The molecule has 2 fully saturated rings. The zero-order valence-corrected chi connectivity index (χ0v) is 24.2. The van der Waals surface area contributed by atoms with E-state index in [0.29, 0.717) is 33.3 Å². The number of anilines is 1. The number of rotatable bonds is 9. The Morgan fingerprint density at radius 1 is 0.905 bits per heavy atom. The van der Waals surface area contributed by atoms with Crippen molar-refractivity contribution in [2.75, 3.05) is 12.4 Å². The smallest absolute Gasteiger partial charge is 0.240 e. The number of ether oxygens (including phenoxy) is 1. The van der Waals surface area contributed by atoms with Crippen LogP contribution in [0.4, 0.5) is 5.69 Å². The molecule has 0 aliphatic carbocycles. The van der Waals surface area contributed by atoms with Gasteiger partial charge < -0.3 is 29.5 Å². The molecule has 2 aliphatic rings. The summed E-state index contributed by atoms with van der Waals surface area (Å²) in [6, 6.07) is 14.0. The molecule has 13 nitrogen and oxygen atoms in total. The Hall–Kier alpha value is -4.63. The van der Waals surface area contributed by atoms with Crippen molar-refractivity contribution in [2.24, 2.45) is 20.4 Å². The molecule has 15 heteroatoms. The molecule has 2 aliphatic heterocycles. The third-order valence-corrected chi connectivity index (χ3v) is 7.73. The summed E-state index contributed by atoms with van der Waals surface area (Å²) < 4.78 is 15.2. The van der Waals surface area contributed by atoms with Crippen molar-refractivity contribution in [3.63, 3.8) is 0 Å². The van der Waals surface area contributed by atoms with Crippen LogP contribution in [0.5, 0.6) is 5.75 Å². The predicted molar refractivity (Wildman–Crippen MR) is 163 cm³/mol. The average Bonchev–Trinajstić information content (AvgIpc) is 3.80. The number of thioether (sulfide) groups is 2. The minimum absolute atomic E-state index is 0.000511. The van der Waals surface area contributed by atoms with Crippen LogP contribution in [0.3, 0.4) is 0 Å². The number of benzene rings is 1. The molecular weight excluding hydrogens is 582 g/mol. The Balaban J connectivity index is 0.000000216. The number of carbonyl (C=O) groups excluding carboxylic acids is 3. The van der Waals surface area contributed by atoms with Gasteiger partial charge in [-0.15, -0.1) is 10.2 Å². The van der Waals surface area contributed by atoms with E-state index >= 15 is 0 Å². The van der Waals surface area contributed by atoms with Gasteiger partial charge in [0.25, 0.3) is 0 Å². The van der Waals surface area contributed by atoms with E-state index in [0.717, 1.165) is 6.42 Å². The maximum absolute atomic E-state index is 12.1. The molecule has 0 spiro atoms. The van der Waals surface area contributed by atoms with E-state index in [1.165, 1.54) is 42.2 Å². The maximum atomic E-state index is 12.1. The second-order valence-corrected chi connectivity index (χ2v) is 10.8. The molecule has 218 valence electrons. The van der Waals surface area contributed by atoms with Crippen molar-refractivity contribution in [1.29, 1.82) is 0 Å². The van der Waals surface area contributed by atoms with Gasteiger partial charge in [0.15, 0.2) is 10.3 Å². The number of furan rings is 2. The van der Waals surface area contributed by atoms with Gasteiger partial charge in [0.2, 0.25) is 17.7 Å². The molecule has 3 N–H and O–H groups in total. The van der Waals surface area contributed by atoms with E-state index in [9.17, 15) is 14.4 Å². The van der Waals surface area contributed by atoms with E-state index in [4.69, 9.17) is 13.6 Å². The summed E-state index contributed by atoms with van der Waals surface area (Å²) in [5.74, 6) is 1.35. The quantitative estimate of drug-likeness (QED) is 0.242. The lowest BCUT2D eigenvalue weighted by atomic mass is 10.2. The molecule has 42 heavy (non-hydrogen) atoms. The number of methoxy groups -OCH3 is 1. The van der Waals surface area contributed by atoms with Crippen LogP contribution in [-0.2, 0) is 14.4 Å². The number of hydrogen-bond acceptors (Lipinski definition) is 12. The Kier molecular flexibility index (Phi) is 11.1. The number of amides is 3. The lowest BCUT2D eigenvalue weighted by Crippen LogP contribution is -2.28. The minimum atomic E-state index is -0.550. The second kappa shape index (κ2) is 15.4. The van der Waals surface area contributed by atoms with E-state index in [-0.39, 0.29) is 29.4 Å². The Labute approximate surface area is 249 Å². The molecule has 2 atom stereocenters. The fraction of sp³-hybridized carbons (Fsp3) is 0.222. The summed E-state index contributed by atoms with van der Waals surface area (Å²) in [6.45, 7) is 1.96. The Morgan fingerprint density at radius 2 is 1.45 bits per heavy atom.